The Bertz CT molecular complexity index is 253. The molecule has 1 amide bonds. The quantitative estimate of drug-likeness (QED) is 0.627. The van der Waals surface area contributed by atoms with Gasteiger partial charge in [-0.3, -0.25) is 4.79 Å². The van der Waals surface area contributed by atoms with E-state index in [1.165, 1.54) is 12.8 Å². The van der Waals surface area contributed by atoms with Crippen LogP contribution >= 0.6 is 0 Å². The van der Waals surface area contributed by atoms with Crippen LogP contribution in [0.5, 0.6) is 0 Å². The predicted octanol–water partition coefficient (Wildman–Crippen LogP) is 1.54. The second-order valence-electron chi connectivity index (χ2n) is 5.88. The summed E-state index contributed by atoms with van der Waals surface area (Å²) in [5.41, 5.74) is 0. The lowest BCUT2D eigenvalue weighted by Gasteiger charge is -2.28. The molecule has 0 saturated carbocycles. The minimum absolute atomic E-state index is 0.162. The topological polar surface area (TPSA) is 61.4 Å². The van der Waals surface area contributed by atoms with Gasteiger partial charge in [0.2, 0.25) is 5.91 Å². The van der Waals surface area contributed by atoms with Crippen LogP contribution in [0.1, 0.15) is 46.0 Å². The number of rotatable bonds is 8. The summed E-state index contributed by atoms with van der Waals surface area (Å²) >= 11 is 0. The van der Waals surface area contributed by atoms with Gasteiger partial charge in [0.05, 0.1) is 0 Å². The van der Waals surface area contributed by atoms with Gasteiger partial charge < -0.3 is 15.7 Å². The number of aliphatic hydroxyl groups is 1. The summed E-state index contributed by atoms with van der Waals surface area (Å²) in [5, 5.41) is 15.4. The maximum atomic E-state index is 11.9. The lowest BCUT2D eigenvalue weighted by molar-refractivity contribution is -0.122. The van der Waals surface area contributed by atoms with Gasteiger partial charge in [0.15, 0.2) is 0 Å². The SMILES string of the molecule is CCC(CCO)CNC(=O)CC(C)C1CCCNC1. The van der Waals surface area contributed by atoms with E-state index in [9.17, 15) is 4.79 Å². The maximum absolute atomic E-state index is 11.9. The monoisotopic (exact) mass is 270 g/mol. The Hall–Kier alpha value is -0.610. The number of hydrogen-bond acceptors (Lipinski definition) is 3. The molecule has 3 atom stereocenters. The average molecular weight is 270 g/mol. The van der Waals surface area contributed by atoms with E-state index >= 15 is 0 Å². The van der Waals surface area contributed by atoms with Crippen LogP contribution in [0.3, 0.4) is 0 Å². The van der Waals surface area contributed by atoms with E-state index in [4.69, 9.17) is 5.11 Å². The number of hydrogen-bond donors (Lipinski definition) is 3. The molecule has 112 valence electrons. The zero-order valence-electron chi connectivity index (χ0n) is 12.5. The first-order valence-corrected chi connectivity index (χ1v) is 7.75. The van der Waals surface area contributed by atoms with Crippen molar-refractivity contribution in [2.24, 2.45) is 17.8 Å². The molecule has 1 heterocycles. The fourth-order valence-electron chi connectivity index (χ4n) is 2.79. The van der Waals surface area contributed by atoms with Crippen LogP contribution in [0.4, 0.5) is 0 Å². The third kappa shape index (κ3) is 6.39. The van der Waals surface area contributed by atoms with Crippen molar-refractivity contribution in [2.45, 2.75) is 46.0 Å². The first-order valence-electron chi connectivity index (χ1n) is 7.75. The van der Waals surface area contributed by atoms with E-state index in [-0.39, 0.29) is 12.5 Å². The average Bonchev–Trinajstić information content (AvgIpc) is 2.44. The summed E-state index contributed by atoms with van der Waals surface area (Å²) in [6, 6.07) is 0. The lowest BCUT2D eigenvalue weighted by Crippen LogP contribution is -2.36. The Morgan fingerprint density at radius 2 is 2.32 bits per heavy atom. The Kier molecular flexibility index (Phi) is 8.07. The van der Waals surface area contributed by atoms with Crippen molar-refractivity contribution in [3.8, 4) is 0 Å². The molecule has 3 N–H and O–H groups in total. The summed E-state index contributed by atoms with van der Waals surface area (Å²) in [5.74, 6) is 1.65. The van der Waals surface area contributed by atoms with E-state index in [0.29, 0.717) is 30.7 Å². The van der Waals surface area contributed by atoms with Gasteiger partial charge in [0, 0.05) is 19.6 Å². The zero-order chi connectivity index (χ0) is 14.1. The van der Waals surface area contributed by atoms with Crippen LogP contribution in [0, 0.1) is 17.8 Å². The first-order chi connectivity index (χ1) is 9.17. The highest BCUT2D eigenvalue weighted by Gasteiger charge is 2.22. The van der Waals surface area contributed by atoms with E-state index in [1.807, 2.05) is 0 Å². The highest BCUT2D eigenvalue weighted by Crippen LogP contribution is 2.22. The lowest BCUT2D eigenvalue weighted by atomic mass is 9.85. The van der Waals surface area contributed by atoms with Crippen LogP contribution in [-0.2, 0) is 4.79 Å². The first kappa shape index (κ1) is 16.4. The number of carbonyl (C=O) groups is 1. The molecule has 19 heavy (non-hydrogen) atoms. The highest BCUT2D eigenvalue weighted by atomic mass is 16.3. The van der Waals surface area contributed by atoms with Crippen LogP contribution in [-0.4, -0.2) is 37.3 Å². The van der Waals surface area contributed by atoms with Crippen LogP contribution in [0.2, 0.25) is 0 Å². The third-order valence-corrected chi connectivity index (χ3v) is 4.35. The summed E-state index contributed by atoms with van der Waals surface area (Å²) in [6.45, 7) is 7.36. The predicted molar refractivity (Wildman–Crippen MR) is 77.9 cm³/mol. The van der Waals surface area contributed by atoms with Gasteiger partial charge in [0.1, 0.15) is 0 Å². The molecule has 1 saturated heterocycles. The molecule has 1 rings (SSSR count). The largest absolute Gasteiger partial charge is 0.396 e. The fraction of sp³-hybridized carbons (Fsp3) is 0.933. The molecule has 0 aliphatic carbocycles. The van der Waals surface area contributed by atoms with Crippen LogP contribution in [0.25, 0.3) is 0 Å². The third-order valence-electron chi connectivity index (χ3n) is 4.35. The molecule has 4 heteroatoms. The molecule has 3 unspecified atom stereocenters. The molecule has 0 bridgehead atoms. The second kappa shape index (κ2) is 9.32. The van der Waals surface area contributed by atoms with Crippen molar-refractivity contribution >= 4 is 5.91 Å². The van der Waals surface area contributed by atoms with Gasteiger partial charge in [0.25, 0.3) is 0 Å². The molecular weight excluding hydrogens is 240 g/mol. The van der Waals surface area contributed by atoms with Gasteiger partial charge >= 0.3 is 0 Å². The fourth-order valence-corrected chi connectivity index (χ4v) is 2.79. The number of amides is 1. The van der Waals surface area contributed by atoms with Crippen LogP contribution < -0.4 is 10.6 Å². The number of aliphatic hydroxyl groups excluding tert-OH is 1. The summed E-state index contributed by atoms with van der Waals surface area (Å²) < 4.78 is 0. The minimum Gasteiger partial charge on any atom is -0.396 e. The van der Waals surface area contributed by atoms with Gasteiger partial charge in [-0.15, -0.1) is 0 Å². The summed E-state index contributed by atoms with van der Waals surface area (Å²) in [6.07, 6.45) is 4.87. The van der Waals surface area contributed by atoms with E-state index in [1.54, 1.807) is 0 Å². The number of nitrogens with one attached hydrogen (secondary N) is 2. The maximum Gasteiger partial charge on any atom is 0.220 e. The van der Waals surface area contributed by atoms with E-state index in [0.717, 1.165) is 25.9 Å². The van der Waals surface area contributed by atoms with Crippen molar-refractivity contribution in [3.05, 3.63) is 0 Å². The standard InChI is InChI=1S/C15H30N2O2/c1-3-13(6-8-18)10-17-15(19)9-12(2)14-5-4-7-16-11-14/h12-14,16,18H,3-11H2,1-2H3,(H,17,19). The Morgan fingerprint density at radius 1 is 1.53 bits per heavy atom. The van der Waals surface area contributed by atoms with Gasteiger partial charge in [-0.05, 0) is 50.1 Å². The number of piperidine rings is 1. The minimum atomic E-state index is 0.162. The normalized spacial score (nSPS) is 22.8. The van der Waals surface area contributed by atoms with Gasteiger partial charge in [-0.1, -0.05) is 20.3 Å². The van der Waals surface area contributed by atoms with Crippen molar-refractivity contribution in [1.82, 2.24) is 10.6 Å². The van der Waals surface area contributed by atoms with Crippen molar-refractivity contribution in [2.75, 3.05) is 26.2 Å². The molecule has 0 radical (unpaired) electrons. The van der Waals surface area contributed by atoms with E-state index < -0.39 is 0 Å². The van der Waals surface area contributed by atoms with Crippen molar-refractivity contribution in [1.29, 1.82) is 0 Å². The molecule has 0 aromatic carbocycles. The molecule has 0 aromatic rings. The second-order valence-corrected chi connectivity index (χ2v) is 5.88. The van der Waals surface area contributed by atoms with Crippen LogP contribution in [0.15, 0.2) is 0 Å². The molecule has 1 aliphatic heterocycles. The van der Waals surface area contributed by atoms with E-state index in [2.05, 4.69) is 24.5 Å². The highest BCUT2D eigenvalue weighted by molar-refractivity contribution is 5.76. The molecule has 1 aliphatic rings. The van der Waals surface area contributed by atoms with Gasteiger partial charge in [-0.2, -0.15) is 0 Å². The Labute approximate surface area is 117 Å². The summed E-state index contributed by atoms with van der Waals surface area (Å²) in [7, 11) is 0. The summed E-state index contributed by atoms with van der Waals surface area (Å²) in [4.78, 5) is 11.9. The smallest absolute Gasteiger partial charge is 0.220 e. The molecular formula is C15H30N2O2. The molecule has 0 spiro atoms. The molecule has 1 fully saturated rings. The molecule has 4 nitrogen and oxygen atoms in total. The number of carbonyl (C=O) groups excluding carboxylic acids is 1. The zero-order valence-corrected chi connectivity index (χ0v) is 12.5. The molecule has 0 aromatic heterocycles. The van der Waals surface area contributed by atoms with Crippen molar-refractivity contribution in [3.63, 3.8) is 0 Å². The van der Waals surface area contributed by atoms with Gasteiger partial charge in [-0.25, -0.2) is 0 Å². The Morgan fingerprint density at radius 3 is 2.89 bits per heavy atom. The Balaban J connectivity index is 2.21. The van der Waals surface area contributed by atoms with Crippen molar-refractivity contribution < 1.29 is 9.90 Å².